The summed E-state index contributed by atoms with van der Waals surface area (Å²) >= 11 is 0. The molecule has 24 heavy (non-hydrogen) atoms. The van der Waals surface area contributed by atoms with Gasteiger partial charge in [-0.2, -0.15) is 0 Å². The summed E-state index contributed by atoms with van der Waals surface area (Å²) in [6.07, 6.45) is 6.32. The van der Waals surface area contributed by atoms with E-state index in [0.717, 1.165) is 26.1 Å². The van der Waals surface area contributed by atoms with Gasteiger partial charge in [0.1, 0.15) is 12.2 Å². The van der Waals surface area contributed by atoms with Gasteiger partial charge in [0, 0.05) is 6.61 Å². The molecule has 2 aliphatic heterocycles. The van der Waals surface area contributed by atoms with Crippen molar-refractivity contribution in [3.05, 3.63) is 35.9 Å². The van der Waals surface area contributed by atoms with E-state index < -0.39 is 5.79 Å². The van der Waals surface area contributed by atoms with Gasteiger partial charge in [-0.25, -0.2) is 0 Å². The SMILES string of the molecule is CC1(C)O[C@H]([C@H]2CO2)[C@H](CCCCCCOCc2ccccc2)O1. The minimum absolute atomic E-state index is 0.120. The molecule has 4 heteroatoms. The predicted octanol–water partition coefficient (Wildman–Crippen LogP) is 4.07. The fourth-order valence-electron chi connectivity index (χ4n) is 3.31. The normalized spacial score (nSPS) is 28.2. The second kappa shape index (κ2) is 8.43. The summed E-state index contributed by atoms with van der Waals surface area (Å²) in [6.45, 7) is 6.36. The van der Waals surface area contributed by atoms with Crippen molar-refractivity contribution in [3.63, 3.8) is 0 Å². The molecule has 0 N–H and O–H groups in total. The lowest BCUT2D eigenvalue weighted by molar-refractivity contribution is -0.148. The number of benzene rings is 1. The summed E-state index contributed by atoms with van der Waals surface area (Å²) in [6, 6.07) is 10.3. The fraction of sp³-hybridized carbons (Fsp3) is 0.700. The van der Waals surface area contributed by atoms with Crippen LogP contribution in [0.25, 0.3) is 0 Å². The maximum atomic E-state index is 6.03. The van der Waals surface area contributed by atoms with E-state index in [-0.39, 0.29) is 18.3 Å². The molecule has 1 aromatic rings. The molecule has 2 heterocycles. The van der Waals surface area contributed by atoms with E-state index in [1.165, 1.54) is 24.8 Å². The van der Waals surface area contributed by atoms with Gasteiger partial charge in [0.25, 0.3) is 0 Å². The second-order valence-electron chi connectivity index (χ2n) is 7.25. The van der Waals surface area contributed by atoms with E-state index in [4.69, 9.17) is 18.9 Å². The van der Waals surface area contributed by atoms with Crippen molar-refractivity contribution in [3.8, 4) is 0 Å². The van der Waals surface area contributed by atoms with Gasteiger partial charge in [0.2, 0.25) is 0 Å². The zero-order valence-electron chi connectivity index (χ0n) is 14.9. The van der Waals surface area contributed by atoms with Crippen LogP contribution in [0.15, 0.2) is 30.3 Å². The van der Waals surface area contributed by atoms with Gasteiger partial charge in [-0.15, -0.1) is 0 Å². The molecule has 0 saturated carbocycles. The van der Waals surface area contributed by atoms with E-state index in [1.54, 1.807) is 0 Å². The molecule has 0 amide bonds. The minimum atomic E-state index is -0.466. The van der Waals surface area contributed by atoms with Crippen molar-refractivity contribution in [2.75, 3.05) is 13.2 Å². The molecule has 3 atom stereocenters. The molecule has 0 aliphatic carbocycles. The maximum Gasteiger partial charge on any atom is 0.163 e. The summed E-state index contributed by atoms with van der Waals surface area (Å²) in [7, 11) is 0. The Morgan fingerprint density at radius 3 is 2.54 bits per heavy atom. The van der Waals surface area contributed by atoms with Crippen LogP contribution in [0.4, 0.5) is 0 Å². The highest BCUT2D eigenvalue weighted by Gasteiger charge is 2.49. The first-order valence-electron chi connectivity index (χ1n) is 9.23. The van der Waals surface area contributed by atoms with Crippen molar-refractivity contribution in [1.82, 2.24) is 0 Å². The quantitative estimate of drug-likeness (QED) is 0.478. The van der Waals surface area contributed by atoms with E-state index in [9.17, 15) is 0 Å². The molecule has 0 bridgehead atoms. The third-order valence-corrected chi connectivity index (χ3v) is 4.59. The first kappa shape index (κ1) is 17.9. The monoisotopic (exact) mass is 334 g/mol. The van der Waals surface area contributed by atoms with Crippen LogP contribution in [0.1, 0.15) is 51.5 Å². The molecule has 1 aromatic carbocycles. The highest BCUT2D eigenvalue weighted by atomic mass is 16.8. The second-order valence-corrected chi connectivity index (χ2v) is 7.25. The van der Waals surface area contributed by atoms with Crippen LogP contribution in [0.3, 0.4) is 0 Å². The smallest absolute Gasteiger partial charge is 0.163 e. The van der Waals surface area contributed by atoms with Crippen molar-refractivity contribution in [2.24, 2.45) is 0 Å². The summed E-state index contributed by atoms with van der Waals surface area (Å²) in [5.41, 5.74) is 1.24. The van der Waals surface area contributed by atoms with Crippen LogP contribution in [0.2, 0.25) is 0 Å². The summed E-state index contributed by atoms with van der Waals surface area (Å²) < 4.78 is 23.1. The van der Waals surface area contributed by atoms with Crippen molar-refractivity contribution >= 4 is 0 Å². The number of ether oxygens (including phenoxy) is 4. The Morgan fingerprint density at radius 2 is 1.79 bits per heavy atom. The molecule has 0 radical (unpaired) electrons. The Balaban J connectivity index is 1.22. The summed E-state index contributed by atoms with van der Waals surface area (Å²) in [5, 5.41) is 0. The Bertz CT molecular complexity index is 484. The lowest BCUT2D eigenvalue weighted by atomic mass is 10.0. The first-order valence-corrected chi connectivity index (χ1v) is 9.23. The average molecular weight is 334 g/mol. The van der Waals surface area contributed by atoms with Crippen molar-refractivity contribution in [1.29, 1.82) is 0 Å². The van der Waals surface area contributed by atoms with E-state index in [0.29, 0.717) is 6.61 Å². The molecule has 134 valence electrons. The average Bonchev–Trinajstić information content (AvgIpc) is 3.35. The van der Waals surface area contributed by atoms with Crippen LogP contribution in [-0.4, -0.2) is 37.3 Å². The summed E-state index contributed by atoms with van der Waals surface area (Å²) in [5.74, 6) is -0.466. The molecule has 2 aliphatic rings. The van der Waals surface area contributed by atoms with E-state index in [2.05, 4.69) is 24.3 Å². The highest BCUT2D eigenvalue weighted by Crippen LogP contribution is 2.36. The van der Waals surface area contributed by atoms with E-state index in [1.807, 2.05) is 19.9 Å². The molecule has 2 saturated heterocycles. The molecule has 0 unspecified atom stereocenters. The zero-order chi connectivity index (χ0) is 16.8. The Kier molecular flexibility index (Phi) is 6.28. The van der Waals surface area contributed by atoms with Crippen LogP contribution in [0.5, 0.6) is 0 Å². The largest absolute Gasteiger partial charge is 0.377 e. The Labute approximate surface area is 145 Å². The fourth-order valence-corrected chi connectivity index (χ4v) is 3.31. The third-order valence-electron chi connectivity index (χ3n) is 4.59. The first-order chi connectivity index (χ1) is 11.6. The van der Waals surface area contributed by atoms with Gasteiger partial charge >= 0.3 is 0 Å². The van der Waals surface area contributed by atoms with Crippen LogP contribution < -0.4 is 0 Å². The van der Waals surface area contributed by atoms with Gasteiger partial charge in [0.05, 0.1) is 19.3 Å². The lowest BCUT2D eigenvalue weighted by Crippen LogP contribution is -2.28. The predicted molar refractivity (Wildman–Crippen MR) is 92.7 cm³/mol. The standard InChI is InChI=1S/C20H30O4/c1-20(2)23-17(19(24-20)18-15-22-18)12-8-3-4-9-13-21-14-16-10-6-5-7-11-16/h5-7,10-11,17-19H,3-4,8-9,12-15H2,1-2H3/t17-,18+,19-/m0/s1. The Morgan fingerprint density at radius 1 is 1.04 bits per heavy atom. The van der Waals surface area contributed by atoms with Gasteiger partial charge < -0.3 is 18.9 Å². The van der Waals surface area contributed by atoms with Crippen LogP contribution >= 0.6 is 0 Å². The van der Waals surface area contributed by atoms with Crippen molar-refractivity contribution < 1.29 is 18.9 Å². The van der Waals surface area contributed by atoms with Crippen LogP contribution in [0, 0.1) is 0 Å². The van der Waals surface area contributed by atoms with E-state index >= 15 is 0 Å². The lowest BCUT2D eigenvalue weighted by Gasteiger charge is -2.16. The number of hydrogen-bond acceptors (Lipinski definition) is 4. The molecule has 4 nitrogen and oxygen atoms in total. The number of epoxide rings is 1. The molecule has 3 rings (SSSR count). The highest BCUT2D eigenvalue weighted by molar-refractivity contribution is 5.13. The number of rotatable bonds is 10. The van der Waals surface area contributed by atoms with Crippen molar-refractivity contribution in [2.45, 2.75) is 76.7 Å². The number of unbranched alkanes of at least 4 members (excludes halogenated alkanes) is 3. The minimum Gasteiger partial charge on any atom is -0.377 e. The third kappa shape index (κ3) is 5.55. The van der Waals surface area contributed by atoms with Crippen LogP contribution in [-0.2, 0) is 25.6 Å². The van der Waals surface area contributed by atoms with Gasteiger partial charge in [-0.1, -0.05) is 49.6 Å². The summed E-state index contributed by atoms with van der Waals surface area (Å²) in [4.78, 5) is 0. The molecule has 0 spiro atoms. The molecule has 0 aromatic heterocycles. The number of hydrogen-bond donors (Lipinski definition) is 0. The van der Waals surface area contributed by atoms with Gasteiger partial charge in [-0.3, -0.25) is 0 Å². The topological polar surface area (TPSA) is 40.2 Å². The zero-order valence-corrected chi connectivity index (χ0v) is 14.9. The van der Waals surface area contributed by atoms with Gasteiger partial charge in [-0.05, 0) is 32.3 Å². The Hall–Kier alpha value is -0.940. The van der Waals surface area contributed by atoms with Gasteiger partial charge in [0.15, 0.2) is 5.79 Å². The molecular weight excluding hydrogens is 304 g/mol. The molecular formula is C20H30O4. The molecule has 2 fully saturated rings. The maximum absolute atomic E-state index is 6.03.